The summed E-state index contributed by atoms with van der Waals surface area (Å²) in [6, 6.07) is 13.6. The minimum atomic E-state index is -0.438. The summed E-state index contributed by atoms with van der Waals surface area (Å²) < 4.78 is 0. The van der Waals surface area contributed by atoms with Crippen molar-refractivity contribution in [1.82, 2.24) is 15.0 Å². The van der Waals surface area contributed by atoms with Crippen LogP contribution in [0.4, 0.5) is 5.69 Å². The zero-order valence-electron chi connectivity index (χ0n) is 9.22. The molecule has 6 nitrogen and oxygen atoms in total. The third kappa shape index (κ3) is 1.69. The van der Waals surface area contributed by atoms with Gasteiger partial charge in [-0.1, -0.05) is 18.2 Å². The van der Waals surface area contributed by atoms with E-state index < -0.39 is 4.92 Å². The highest BCUT2D eigenvalue weighted by Crippen LogP contribution is 2.17. The summed E-state index contributed by atoms with van der Waals surface area (Å²) in [7, 11) is 0. The molecule has 1 aromatic heterocycles. The van der Waals surface area contributed by atoms with Crippen LogP contribution in [0.3, 0.4) is 0 Å². The van der Waals surface area contributed by atoms with Gasteiger partial charge in [0.05, 0.1) is 10.6 Å². The smallest absolute Gasteiger partial charge is 0.258 e. The standard InChI is InChI=1S/C12H8N4O2/c17-16(18)10-5-3-4-9(8-10)15-13-11-6-1-2-7-12(11)14-15/h1-8H. The molecule has 3 aromatic rings. The summed E-state index contributed by atoms with van der Waals surface area (Å²) >= 11 is 0. The molecule has 0 aliphatic carbocycles. The molecule has 0 amide bonds. The third-order valence-corrected chi connectivity index (χ3v) is 2.56. The maximum atomic E-state index is 10.7. The van der Waals surface area contributed by atoms with Crippen LogP contribution in [0.25, 0.3) is 16.7 Å². The number of nitro groups is 1. The predicted molar refractivity (Wildman–Crippen MR) is 65.5 cm³/mol. The molecule has 18 heavy (non-hydrogen) atoms. The van der Waals surface area contributed by atoms with Crippen molar-refractivity contribution < 1.29 is 4.92 Å². The Kier molecular flexibility index (Phi) is 2.26. The summed E-state index contributed by atoms with van der Waals surface area (Å²) in [4.78, 5) is 11.7. The van der Waals surface area contributed by atoms with Gasteiger partial charge in [-0.25, -0.2) is 0 Å². The van der Waals surface area contributed by atoms with E-state index in [1.807, 2.05) is 24.3 Å². The Morgan fingerprint density at radius 1 is 1.00 bits per heavy atom. The summed E-state index contributed by atoms with van der Waals surface area (Å²) in [5.74, 6) is 0. The van der Waals surface area contributed by atoms with Crippen molar-refractivity contribution in [2.24, 2.45) is 0 Å². The molecule has 1 heterocycles. The van der Waals surface area contributed by atoms with Crippen LogP contribution in [0.2, 0.25) is 0 Å². The lowest BCUT2D eigenvalue weighted by molar-refractivity contribution is -0.384. The number of rotatable bonds is 2. The second kappa shape index (κ2) is 3.92. The van der Waals surface area contributed by atoms with Crippen molar-refractivity contribution >= 4 is 16.7 Å². The first-order chi connectivity index (χ1) is 8.74. The van der Waals surface area contributed by atoms with Crippen LogP contribution < -0.4 is 0 Å². The highest BCUT2D eigenvalue weighted by molar-refractivity contribution is 5.73. The molecule has 0 N–H and O–H groups in total. The molecule has 2 aromatic carbocycles. The highest BCUT2D eigenvalue weighted by atomic mass is 16.6. The van der Waals surface area contributed by atoms with Crippen molar-refractivity contribution in [2.45, 2.75) is 0 Å². The van der Waals surface area contributed by atoms with Gasteiger partial charge in [0.2, 0.25) is 0 Å². The maximum absolute atomic E-state index is 10.7. The molecule has 0 aliphatic rings. The van der Waals surface area contributed by atoms with Crippen molar-refractivity contribution in [1.29, 1.82) is 0 Å². The monoisotopic (exact) mass is 240 g/mol. The van der Waals surface area contributed by atoms with E-state index in [9.17, 15) is 10.1 Å². The number of hydrogen-bond donors (Lipinski definition) is 0. The molecule has 0 bridgehead atoms. The van der Waals surface area contributed by atoms with Gasteiger partial charge in [0.1, 0.15) is 11.0 Å². The summed E-state index contributed by atoms with van der Waals surface area (Å²) in [5, 5.41) is 19.2. The average Bonchev–Trinajstić information content (AvgIpc) is 2.82. The maximum Gasteiger partial charge on any atom is 0.271 e. The summed E-state index contributed by atoms with van der Waals surface area (Å²) in [5.41, 5.74) is 2.10. The third-order valence-electron chi connectivity index (χ3n) is 2.56. The minimum Gasteiger partial charge on any atom is -0.258 e. The van der Waals surface area contributed by atoms with Gasteiger partial charge in [-0.3, -0.25) is 10.1 Å². The van der Waals surface area contributed by atoms with E-state index >= 15 is 0 Å². The van der Waals surface area contributed by atoms with E-state index in [1.165, 1.54) is 16.9 Å². The Labute approximate surface area is 102 Å². The fourth-order valence-electron chi connectivity index (χ4n) is 1.71. The molecular weight excluding hydrogens is 232 g/mol. The minimum absolute atomic E-state index is 0.0221. The zero-order valence-corrected chi connectivity index (χ0v) is 9.22. The Morgan fingerprint density at radius 3 is 2.28 bits per heavy atom. The number of fused-ring (bicyclic) bond motifs is 1. The average molecular weight is 240 g/mol. The van der Waals surface area contributed by atoms with E-state index in [0.29, 0.717) is 5.69 Å². The van der Waals surface area contributed by atoms with Crippen LogP contribution in [-0.2, 0) is 0 Å². The largest absolute Gasteiger partial charge is 0.271 e. The molecule has 0 saturated heterocycles. The molecule has 0 fully saturated rings. The molecule has 3 rings (SSSR count). The molecule has 6 heteroatoms. The summed E-state index contributed by atoms with van der Waals surface area (Å²) in [6.45, 7) is 0. The van der Waals surface area contributed by atoms with Gasteiger partial charge in [0, 0.05) is 12.1 Å². The van der Waals surface area contributed by atoms with Crippen LogP contribution in [0.1, 0.15) is 0 Å². The molecule has 0 atom stereocenters. The Balaban J connectivity index is 2.13. The normalized spacial score (nSPS) is 10.7. The number of aromatic nitrogens is 3. The highest BCUT2D eigenvalue weighted by Gasteiger charge is 2.09. The second-order valence-electron chi connectivity index (χ2n) is 3.76. The zero-order chi connectivity index (χ0) is 12.5. The first-order valence-corrected chi connectivity index (χ1v) is 5.31. The van der Waals surface area contributed by atoms with Crippen molar-refractivity contribution in [2.75, 3.05) is 0 Å². The van der Waals surface area contributed by atoms with Gasteiger partial charge in [-0.15, -0.1) is 10.2 Å². The number of benzene rings is 2. The lowest BCUT2D eigenvalue weighted by Crippen LogP contribution is -1.99. The van der Waals surface area contributed by atoms with Crippen molar-refractivity contribution in [3.8, 4) is 5.69 Å². The number of nitrogens with zero attached hydrogens (tertiary/aromatic N) is 4. The van der Waals surface area contributed by atoms with E-state index in [2.05, 4.69) is 10.2 Å². The van der Waals surface area contributed by atoms with Crippen LogP contribution in [-0.4, -0.2) is 19.9 Å². The molecule has 88 valence electrons. The van der Waals surface area contributed by atoms with Crippen LogP contribution in [0.15, 0.2) is 48.5 Å². The summed E-state index contributed by atoms with van der Waals surface area (Å²) in [6.07, 6.45) is 0. The molecular formula is C12H8N4O2. The Hall–Kier alpha value is -2.76. The van der Waals surface area contributed by atoms with Gasteiger partial charge in [-0.2, -0.15) is 4.80 Å². The van der Waals surface area contributed by atoms with Crippen LogP contribution in [0.5, 0.6) is 0 Å². The first-order valence-electron chi connectivity index (χ1n) is 5.31. The van der Waals surface area contributed by atoms with Gasteiger partial charge in [0.15, 0.2) is 0 Å². The van der Waals surface area contributed by atoms with Gasteiger partial charge >= 0.3 is 0 Å². The molecule has 0 unspecified atom stereocenters. The van der Waals surface area contributed by atoms with Gasteiger partial charge < -0.3 is 0 Å². The second-order valence-corrected chi connectivity index (χ2v) is 3.76. The van der Waals surface area contributed by atoms with E-state index in [0.717, 1.165) is 11.0 Å². The van der Waals surface area contributed by atoms with Crippen LogP contribution >= 0.6 is 0 Å². The number of nitro benzene ring substituents is 1. The Bertz CT molecular complexity index is 703. The van der Waals surface area contributed by atoms with E-state index in [1.54, 1.807) is 12.1 Å². The molecule has 0 saturated carbocycles. The van der Waals surface area contributed by atoms with Gasteiger partial charge in [-0.05, 0) is 18.2 Å². The molecule has 0 radical (unpaired) electrons. The fraction of sp³-hybridized carbons (Fsp3) is 0. The molecule has 0 spiro atoms. The van der Waals surface area contributed by atoms with Gasteiger partial charge in [0.25, 0.3) is 5.69 Å². The van der Waals surface area contributed by atoms with Crippen LogP contribution in [0, 0.1) is 10.1 Å². The van der Waals surface area contributed by atoms with E-state index in [4.69, 9.17) is 0 Å². The van der Waals surface area contributed by atoms with Crippen molar-refractivity contribution in [3.05, 3.63) is 58.6 Å². The quantitative estimate of drug-likeness (QED) is 0.509. The lowest BCUT2D eigenvalue weighted by atomic mass is 10.3. The number of hydrogen-bond acceptors (Lipinski definition) is 4. The van der Waals surface area contributed by atoms with E-state index in [-0.39, 0.29) is 5.69 Å². The first kappa shape index (κ1) is 10.4. The predicted octanol–water partition coefficient (Wildman–Crippen LogP) is 2.33. The fourth-order valence-corrected chi connectivity index (χ4v) is 1.71. The Morgan fingerprint density at radius 2 is 1.67 bits per heavy atom. The molecule has 0 aliphatic heterocycles. The number of non-ortho nitro benzene ring substituents is 1. The van der Waals surface area contributed by atoms with Crippen molar-refractivity contribution in [3.63, 3.8) is 0 Å². The lowest BCUT2D eigenvalue weighted by Gasteiger charge is -1.98. The SMILES string of the molecule is O=[N+]([O-])c1cccc(-n2nc3ccccc3n2)c1. The topological polar surface area (TPSA) is 73.8 Å².